The van der Waals surface area contributed by atoms with Crippen LogP contribution < -0.4 is 15.2 Å². The zero-order valence-electron chi connectivity index (χ0n) is 13.1. The molecule has 0 saturated heterocycles. The molecule has 0 radical (unpaired) electrons. The lowest BCUT2D eigenvalue weighted by atomic mass is 10.2. The molecule has 3 rings (SSSR count). The van der Waals surface area contributed by atoms with Crippen molar-refractivity contribution < 1.29 is 9.47 Å². The van der Waals surface area contributed by atoms with Crippen molar-refractivity contribution in [2.75, 3.05) is 5.73 Å². The summed E-state index contributed by atoms with van der Waals surface area (Å²) >= 11 is 0. The van der Waals surface area contributed by atoms with E-state index in [1.165, 1.54) is 0 Å². The van der Waals surface area contributed by atoms with Crippen LogP contribution in [-0.2, 0) is 0 Å². The van der Waals surface area contributed by atoms with Crippen LogP contribution in [0.15, 0.2) is 66.7 Å². The largest absolute Gasteiger partial charge is 0.457 e. The first-order valence-electron chi connectivity index (χ1n) is 7.43. The predicted octanol–water partition coefficient (Wildman–Crippen LogP) is 4.60. The molecule has 0 aliphatic carbocycles. The standard InChI is InChI=1S/C20H13N3O2/c21-12-14-1-5-16(6-2-14)24-18-9-10-19(23)20(11-18)25-17-7-3-15(13-22)4-8-17/h1-11H,23H2. The van der Waals surface area contributed by atoms with E-state index < -0.39 is 0 Å². The molecule has 0 heterocycles. The van der Waals surface area contributed by atoms with Crippen LogP contribution in [0.25, 0.3) is 0 Å². The van der Waals surface area contributed by atoms with E-state index in [1.807, 2.05) is 0 Å². The Morgan fingerprint density at radius 2 is 1.12 bits per heavy atom. The van der Waals surface area contributed by atoms with Gasteiger partial charge in [-0.3, -0.25) is 0 Å². The molecular weight excluding hydrogens is 314 g/mol. The van der Waals surface area contributed by atoms with Gasteiger partial charge in [0.2, 0.25) is 0 Å². The highest BCUT2D eigenvalue weighted by atomic mass is 16.5. The quantitative estimate of drug-likeness (QED) is 0.707. The van der Waals surface area contributed by atoms with Crippen LogP contribution in [0.4, 0.5) is 5.69 Å². The zero-order chi connectivity index (χ0) is 17.6. The van der Waals surface area contributed by atoms with Crippen LogP contribution in [0.3, 0.4) is 0 Å². The number of rotatable bonds is 4. The van der Waals surface area contributed by atoms with Crippen molar-refractivity contribution in [1.29, 1.82) is 10.5 Å². The molecule has 3 aromatic carbocycles. The molecule has 0 aromatic heterocycles. The number of hydrogen-bond acceptors (Lipinski definition) is 5. The van der Waals surface area contributed by atoms with E-state index in [9.17, 15) is 0 Å². The first-order chi connectivity index (χ1) is 12.2. The van der Waals surface area contributed by atoms with Gasteiger partial charge in [-0.15, -0.1) is 0 Å². The van der Waals surface area contributed by atoms with Crippen LogP contribution >= 0.6 is 0 Å². The summed E-state index contributed by atoms with van der Waals surface area (Å²) in [6.45, 7) is 0. The Kier molecular flexibility index (Phi) is 4.51. The number of nitrogens with two attached hydrogens (primary N) is 1. The number of hydrogen-bond donors (Lipinski definition) is 1. The average Bonchev–Trinajstić information content (AvgIpc) is 2.66. The molecule has 0 amide bonds. The SMILES string of the molecule is N#Cc1ccc(Oc2ccc(N)c(Oc3ccc(C#N)cc3)c2)cc1. The van der Waals surface area contributed by atoms with Crippen molar-refractivity contribution >= 4 is 5.69 Å². The number of nitrogens with zero attached hydrogens (tertiary/aromatic N) is 2. The highest BCUT2D eigenvalue weighted by Crippen LogP contribution is 2.33. The molecule has 0 aliphatic heterocycles. The third-order valence-corrected chi connectivity index (χ3v) is 3.42. The Morgan fingerprint density at radius 1 is 0.640 bits per heavy atom. The number of anilines is 1. The first-order valence-corrected chi connectivity index (χ1v) is 7.43. The Hall–Kier alpha value is -3.96. The molecule has 5 heteroatoms. The van der Waals surface area contributed by atoms with Crippen molar-refractivity contribution in [2.24, 2.45) is 0 Å². The Labute approximate surface area is 145 Å². The van der Waals surface area contributed by atoms with Crippen LogP contribution in [0.1, 0.15) is 11.1 Å². The van der Waals surface area contributed by atoms with Gasteiger partial charge in [0.15, 0.2) is 5.75 Å². The molecule has 0 unspecified atom stereocenters. The molecule has 3 aromatic rings. The van der Waals surface area contributed by atoms with Crippen LogP contribution in [0.5, 0.6) is 23.0 Å². The van der Waals surface area contributed by atoms with E-state index in [2.05, 4.69) is 12.1 Å². The summed E-state index contributed by atoms with van der Waals surface area (Å²) in [7, 11) is 0. The monoisotopic (exact) mass is 327 g/mol. The summed E-state index contributed by atoms with van der Waals surface area (Å²) in [6.07, 6.45) is 0. The number of nitriles is 2. The highest BCUT2D eigenvalue weighted by Gasteiger charge is 2.06. The summed E-state index contributed by atoms with van der Waals surface area (Å²) in [5.74, 6) is 2.19. The van der Waals surface area contributed by atoms with Crippen LogP contribution in [-0.4, -0.2) is 0 Å². The maximum atomic E-state index is 8.83. The van der Waals surface area contributed by atoms with E-state index in [0.717, 1.165) is 0 Å². The third kappa shape index (κ3) is 3.87. The molecule has 0 aliphatic rings. The molecule has 25 heavy (non-hydrogen) atoms. The molecule has 120 valence electrons. The lowest BCUT2D eigenvalue weighted by molar-refractivity contribution is 0.462. The molecular formula is C20H13N3O2. The number of ether oxygens (including phenoxy) is 2. The maximum Gasteiger partial charge on any atom is 0.154 e. The fraction of sp³-hybridized carbons (Fsp3) is 0. The summed E-state index contributed by atoms with van der Waals surface area (Å²) in [5, 5.41) is 17.6. The van der Waals surface area contributed by atoms with Crippen LogP contribution in [0, 0.1) is 22.7 Å². The molecule has 0 fully saturated rings. The van der Waals surface area contributed by atoms with Gasteiger partial charge in [0.25, 0.3) is 0 Å². The van der Waals surface area contributed by atoms with Gasteiger partial charge in [0.1, 0.15) is 17.2 Å². The van der Waals surface area contributed by atoms with Crippen molar-refractivity contribution in [2.45, 2.75) is 0 Å². The van der Waals surface area contributed by atoms with Gasteiger partial charge in [0.05, 0.1) is 29.0 Å². The van der Waals surface area contributed by atoms with Gasteiger partial charge >= 0.3 is 0 Å². The van der Waals surface area contributed by atoms with Gasteiger partial charge in [-0.05, 0) is 60.7 Å². The molecule has 0 atom stereocenters. The van der Waals surface area contributed by atoms with Crippen molar-refractivity contribution in [3.8, 4) is 35.1 Å². The normalized spacial score (nSPS) is 9.68. The minimum atomic E-state index is 0.454. The zero-order valence-corrected chi connectivity index (χ0v) is 13.1. The predicted molar refractivity (Wildman–Crippen MR) is 93.3 cm³/mol. The van der Waals surface area contributed by atoms with Gasteiger partial charge in [-0.1, -0.05) is 0 Å². The van der Waals surface area contributed by atoms with E-state index in [0.29, 0.717) is 39.8 Å². The smallest absolute Gasteiger partial charge is 0.154 e. The molecule has 0 saturated carbocycles. The minimum absolute atomic E-state index is 0.454. The topological polar surface area (TPSA) is 92.1 Å². The maximum absolute atomic E-state index is 8.83. The number of nitrogen functional groups attached to an aromatic ring is 1. The van der Waals surface area contributed by atoms with Crippen LogP contribution in [0.2, 0.25) is 0 Å². The van der Waals surface area contributed by atoms with Gasteiger partial charge in [-0.2, -0.15) is 10.5 Å². The Balaban J connectivity index is 1.79. The molecule has 2 N–H and O–H groups in total. The second-order valence-corrected chi connectivity index (χ2v) is 5.18. The van der Waals surface area contributed by atoms with E-state index in [1.54, 1.807) is 66.7 Å². The lowest BCUT2D eigenvalue weighted by Crippen LogP contribution is -1.93. The molecule has 0 spiro atoms. The third-order valence-electron chi connectivity index (χ3n) is 3.42. The van der Waals surface area contributed by atoms with E-state index in [-0.39, 0.29) is 0 Å². The van der Waals surface area contributed by atoms with E-state index >= 15 is 0 Å². The Bertz CT molecular complexity index is 966. The summed E-state index contributed by atoms with van der Waals surface area (Å²) in [6, 6.07) is 22.8. The minimum Gasteiger partial charge on any atom is -0.457 e. The lowest BCUT2D eigenvalue weighted by Gasteiger charge is -2.11. The molecule has 0 bridgehead atoms. The fourth-order valence-corrected chi connectivity index (χ4v) is 2.12. The molecule has 5 nitrogen and oxygen atoms in total. The fourth-order valence-electron chi connectivity index (χ4n) is 2.12. The summed E-state index contributed by atoms with van der Waals surface area (Å²) in [5.41, 5.74) is 7.54. The summed E-state index contributed by atoms with van der Waals surface area (Å²) < 4.78 is 11.5. The highest BCUT2D eigenvalue weighted by molar-refractivity contribution is 5.57. The number of benzene rings is 3. The van der Waals surface area contributed by atoms with Gasteiger partial charge < -0.3 is 15.2 Å². The van der Waals surface area contributed by atoms with E-state index in [4.69, 9.17) is 25.7 Å². The van der Waals surface area contributed by atoms with Crippen molar-refractivity contribution in [3.05, 3.63) is 77.9 Å². The second-order valence-electron chi connectivity index (χ2n) is 5.18. The second kappa shape index (κ2) is 7.08. The van der Waals surface area contributed by atoms with Crippen molar-refractivity contribution in [1.82, 2.24) is 0 Å². The van der Waals surface area contributed by atoms with Crippen molar-refractivity contribution in [3.63, 3.8) is 0 Å². The Morgan fingerprint density at radius 3 is 1.64 bits per heavy atom. The first kappa shape index (κ1) is 15.9. The average molecular weight is 327 g/mol. The van der Waals surface area contributed by atoms with Gasteiger partial charge in [-0.25, -0.2) is 0 Å². The summed E-state index contributed by atoms with van der Waals surface area (Å²) in [4.78, 5) is 0. The van der Waals surface area contributed by atoms with Gasteiger partial charge in [0, 0.05) is 6.07 Å².